The van der Waals surface area contributed by atoms with E-state index in [4.69, 9.17) is 5.41 Å². The molecule has 0 unspecified atom stereocenters. The number of aliphatic hydroxyl groups excluding tert-OH is 1. The molecule has 2 fully saturated rings. The van der Waals surface area contributed by atoms with Crippen LogP contribution in [0, 0.1) is 19.3 Å². The standard InChI is InChI=1S/C22H30N6O/c1-13-7-16(12-23)20(10-19(13)15-3-5-24-6-4-15)28-22-11-21(25-14(2)26-22)27-17-8-18(29)9-17/h7,10-12,15,17-18,23-24,29H,3-6,8-9H2,1-2H3,(H2,25,26,27,28)/t17-,18+. The minimum absolute atomic E-state index is 0.204. The van der Waals surface area contributed by atoms with Crippen LogP contribution >= 0.6 is 0 Å². The van der Waals surface area contributed by atoms with Gasteiger partial charge in [0.05, 0.1) is 6.10 Å². The topological polar surface area (TPSA) is 106 Å². The predicted octanol–water partition coefficient (Wildman–Crippen LogP) is 3.24. The number of hydrogen-bond donors (Lipinski definition) is 5. The van der Waals surface area contributed by atoms with E-state index in [-0.39, 0.29) is 12.1 Å². The lowest BCUT2D eigenvalue weighted by Gasteiger charge is -2.32. The van der Waals surface area contributed by atoms with Crippen LogP contribution in [-0.4, -0.2) is 46.5 Å². The van der Waals surface area contributed by atoms with Crippen LogP contribution in [0.5, 0.6) is 0 Å². The fraction of sp³-hybridized carbons (Fsp3) is 0.500. The summed E-state index contributed by atoms with van der Waals surface area (Å²) in [6.07, 6.45) is 4.97. The molecule has 7 nitrogen and oxygen atoms in total. The average Bonchev–Trinajstić information content (AvgIpc) is 2.68. The first-order valence-electron chi connectivity index (χ1n) is 10.4. The van der Waals surface area contributed by atoms with E-state index in [1.165, 1.54) is 17.3 Å². The summed E-state index contributed by atoms with van der Waals surface area (Å²) in [5.41, 5.74) is 4.35. The highest BCUT2D eigenvalue weighted by molar-refractivity contribution is 5.88. The summed E-state index contributed by atoms with van der Waals surface area (Å²) in [7, 11) is 0. The van der Waals surface area contributed by atoms with Gasteiger partial charge in [0.25, 0.3) is 0 Å². The number of aromatic nitrogens is 2. The molecule has 0 amide bonds. The Balaban J connectivity index is 1.59. The molecule has 2 heterocycles. The van der Waals surface area contributed by atoms with Crippen LogP contribution in [0.2, 0.25) is 0 Å². The molecule has 1 aromatic heterocycles. The molecule has 0 atom stereocenters. The van der Waals surface area contributed by atoms with Gasteiger partial charge in [-0.2, -0.15) is 0 Å². The monoisotopic (exact) mass is 394 g/mol. The molecule has 4 rings (SSSR count). The molecule has 5 N–H and O–H groups in total. The number of rotatable bonds is 6. The number of hydrogen-bond acceptors (Lipinski definition) is 7. The molecule has 2 aliphatic rings. The smallest absolute Gasteiger partial charge is 0.136 e. The van der Waals surface area contributed by atoms with Gasteiger partial charge in [0.15, 0.2) is 0 Å². The zero-order valence-corrected chi connectivity index (χ0v) is 17.1. The van der Waals surface area contributed by atoms with E-state index in [0.717, 1.165) is 55.8 Å². The van der Waals surface area contributed by atoms with Crippen LogP contribution in [0.4, 0.5) is 17.3 Å². The number of nitrogens with one attached hydrogen (secondary N) is 4. The van der Waals surface area contributed by atoms with Crippen molar-refractivity contribution < 1.29 is 5.11 Å². The zero-order chi connectivity index (χ0) is 20.4. The Morgan fingerprint density at radius 3 is 2.52 bits per heavy atom. The molecule has 2 aromatic rings. The van der Waals surface area contributed by atoms with Gasteiger partial charge in [0.2, 0.25) is 0 Å². The number of benzene rings is 1. The van der Waals surface area contributed by atoms with Crippen LogP contribution in [0.1, 0.15) is 54.1 Å². The summed E-state index contributed by atoms with van der Waals surface area (Å²) in [4.78, 5) is 9.01. The second-order valence-electron chi connectivity index (χ2n) is 8.24. The Labute approximate surface area is 171 Å². The van der Waals surface area contributed by atoms with E-state index in [1.54, 1.807) is 0 Å². The molecule has 0 radical (unpaired) electrons. The second-order valence-corrected chi connectivity index (χ2v) is 8.24. The minimum atomic E-state index is -0.204. The summed E-state index contributed by atoms with van der Waals surface area (Å²) in [6, 6.07) is 6.44. The van der Waals surface area contributed by atoms with E-state index in [1.807, 2.05) is 13.0 Å². The minimum Gasteiger partial charge on any atom is -0.393 e. The fourth-order valence-electron chi connectivity index (χ4n) is 4.31. The molecule has 29 heavy (non-hydrogen) atoms. The molecular formula is C22H30N6O. The molecule has 1 saturated heterocycles. The van der Waals surface area contributed by atoms with Crippen LogP contribution in [0.25, 0.3) is 0 Å². The van der Waals surface area contributed by atoms with E-state index >= 15 is 0 Å². The Bertz CT molecular complexity index is 887. The van der Waals surface area contributed by atoms with Crippen molar-refractivity contribution in [3.63, 3.8) is 0 Å². The average molecular weight is 395 g/mol. The van der Waals surface area contributed by atoms with Crippen molar-refractivity contribution in [2.45, 2.75) is 57.6 Å². The maximum atomic E-state index is 9.50. The zero-order valence-electron chi connectivity index (χ0n) is 17.1. The molecule has 0 bridgehead atoms. The van der Waals surface area contributed by atoms with Gasteiger partial charge >= 0.3 is 0 Å². The van der Waals surface area contributed by atoms with Crippen molar-refractivity contribution in [3.05, 3.63) is 40.7 Å². The van der Waals surface area contributed by atoms with E-state index in [9.17, 15) is 5.11 Å². The van der Waals surface area contributed by atoms with Crippen LogP contribution < -0.4 is 16.0 Å². The van der Waals surface area contributed by atoms with Gasteiger partial charge in [-0.05, 0) is 81.8 Å². The van der Waals surface area contributed by atoms with Crippen molar-refractivity contribution in [3.8, 4) is 0 Å². The maximum absolute atomic E-state index is 9.50. The van der Waals surface area contributed by atoms with Crippen molar-refractivity contribution in [1.82, 2.24) is 15.3 Å². The fourth-order valence-corrected chi connectivity index (χ4v) is 4.31. The molecule has 1 aliphatic carbocycles. The van der Waals surface area contributed by atoms with Crippen molar-refractivity contribution in [1.29, 1.82) is 5.41 Å². The largest absolute Gasteiger partial charge is 0.393 e. The Morgan fingerprint density at radius 1 is 1.10 bits per heavy atom. The van der Waals surface area contributed by atoms with Crippen LogP contribution in [0.15, 0.2) is 18.2 Å². The quantitative estimate of drug-likeness (QED) is 0.482. The van der Waals surface area contributed by atoms with E-state index in [0.29, 0.717) is 17.6 Å². The third-order valence-corrected chi connectivity index (χ3v) is 5.94. The Hall–Kier alpha value is -2.51. The summed E-state index contributed by atoms with van der Waals surface area (Å²) >= 11 is 0. The van der Waals surface area contributed by atoms with Crippen molar-refractivity contribution >= 4 is 23.5 Å². The lowest BCUT2D eigenvalue weighted by Crippen LogP contribution is -2.39. The Morgan fingerprint density at radius 2 is 1.83 bits per heavy atom. The van der Waals surface area contributed by atoms with E-state index in [2.05, 4.69) is 45.0 Å². The van der Waals surface area contributed by atoms with Gasteiger partial charge in [-0.15, -0.1) is 0 Å². The molecule has 154 valence electrons. The predicted molar refractivity (Wildman–Crippen MR) is 117 cm³/mol. The second kappa shape index (κ2) is 8.47. The highest BCUT2D eigenvalue weighted by Gasteiger charge is 2.27. The molecule has 1 aliphatic heterocycles. The molecule has 7 heteroatoms. The Kier molecular flexibility index (Phi) is 5.78. The maximum Gasteiger partial charge on any atom is 0.136 e. The van der Waals surface area contributed by atoms with Gasteiger partial charge in [0, 0.05) is 29.6 Å². The first-order chi connectivity index (χ1) is 14.0. The van der Waals surface area contributed by atoms with Crippen LogP contribution in [0.3, 0.4) is 0 Å². The number of anilines is 3. The summed E-state index contributed by atoms with van der Waals surface area (Å²) in [6.45, 7) is 6.11. The number of aryl methyl sites for hydroxylation is 2. The van der Waals surface area contributed by atoms with Gasteiger partial charge in [-0.3, -0.25) is 0 Å². The van der Waals surface area contributed by atoms with Crippen molar-refractivity contribution in [2.24, 2.45) is 0 Å². The molecular weight excluding hydrogens is 364 g/mol. The summed E-state index contributed by atoms with van der Waals surface area (Å²) in [5, 5.41) is 27.6. The van der Waals surface area contributed by atoms with Gasteiger partial charge in [0.1, 0.15) is 17.5 Å². The summed E-state index contributed by atoms with van der Waals surface area (Å²) in [5.74, 6) is 2.70. The highest BCUT2D eigenvalue weighted by Crippen LogP contribution is 2.33. The van der Waals surface area contributed by atoms with Crippen LogP contribution in [-0.2, 0) is 0 Å². The third-order valence-electron chi connectivity index (χ3n) is 5.94. The normalized spacial score (nSPS) is 22.0. The number of aliphatic hydroxyl groups is 1. The first kappa shape index (κ1) is 19.8. The third kappa shape index (κ3) is 4.57. The first-order valence-corrected chi connectivity index (χ1v) is 10.4. The molecule has 1 aromatic carbocycles. The lowest BCUT2D eigenvalue weighted by molar-refractivity contribution is 0.0835. The van der Waals surface area contributed by atoms with Crippen molar-refractivity contribution in [2.75, 3.05) is 23.7 Å². The lowest BCUT2D eigenvalue weighted by atomic mass is 9.86. The molecule has 1 saturated carbocycles. The number of piperidine rings is 1. The molecule has 0 spiro atoms. The SMILES string of the molecule is Cc1nc(Nc2cc(C3CCNCC3)c(C)cc2C=N)cc(N[C@H]2C[C@@H](O)C2)n1. The van der Waals surface area contributed by atoms with Gasteiger partial charge in [-0.25, -0.2) is 9.97 Å². The number of nitrogens with zero attached hydrogens (tertiary/aromatic N) is 2. The van der Waals surface area contributed by atoms with Gasteiger partial charge < -0.3 is 26.5 Å². The summed E-state index contributed by atoms with van der Waals surface area (Å²) < 4.78 is 0. The highest BCUT2D eigenvalue weighted by atomic mass is 16.3. The van der Waals surface area contributed by atoms with Gasteiger partial charge in [-0.1, -0.05) is 0 Å². The van der Waals surface area contributed by atoms with E-state index < -0.39 is 0 Å².